The Balaban J connectivity index is 2.28. The van der Waals surface area contributed by atoms with E-state index in [-0.39, 0.29) is 5.28 Å². The molecule has 0 radical (unpaired) electrons. The summed E-state index contributed by atoms with van der Waals surface area (Å²) in [5.41, 5.74) is 1.85. The van der Waals surface area contributed by atoms with Crippen LogP contribution in [0.1, 0.15) is 18.4 Å². The van der Waals surface area contributed by atoms with Crippen molar-refractivity contribution in [2.24, 2.45) is 0 Å². The number of rotatable bonds is 1. The van der Waals surface area contributed by atoms with Crippen molar-refractivity contribution >= 4 is 39.9 Å². The molecular weight excluding hydrogens is 269 g/mol. The lowest BCUT2D eigenvalue weighted by Gasteiger charge is -2.19. The standard InChI is InChI=1S/C13H13Cl2N3/c1-8-6-9-11(10(14)7-8)16-13(15)17-12(9)18-4-2-3-5-18/h6-7H,2-5H2,1H3. The van der Waals surface area contributed by atoms with Crippen LogP contribution in [0.3, 0.4) is 0 Å². The van der Waals surface area contributed by atoms with Crippen molar-refractivity contribution in [3.63, 3.8) is 0 Å². The van der Waals surface area contributed by atoms with Crippen molar-refractivity contribution in [3.8, 4) is 0 Å². The van der Waals surface area contributed by atoms with Gasteiger partial charge in [-0.15, -0.1) is 0 Å². The fourth-order valence-electron chi connectivity index (χ4n) is 2.45. The number of aryl methyl sites for hydroxylation is 1. The number of halogens is 2. The van der Waals surface area contributed by atoms with E-state index in [0.717, 1.165) is 35.4 Å². The fourth-order valence-corrected chi connectivity index (χ4v) is 2.93. The SMILES string of the molecule is Cc1cc(Cl)c2nc(Cl)nc(N3CCCC3)c2c1. The summed E-state index contributed by atoms with van der Waals surface area (Å²) >= 11 is 12.3. The van der Waals surface area contributed by atoms with E-state index in [4.69, 9.17) is 23.2 Å². The number of benzene rings is 1. The van der Waals surface area contributed by atoms with Gasteiger partial charge in [0, 0.05) is 18.5 Å². The Morgan fingerprint density at radius 2 is 1.83 bits per heavy atom. The molecule has 94 valence electrons. The first kappa shape index (κ1) is 12.0. The molecule has 3 nitrogen and oxygen atoms in total. The molecule has 0 saturated carbocycles. The maximum atomic E-state index is 6.25. The first-order valence-corrected chi connectivity index (χ1v) is 6.79. The van der Waals surface area contributed by atoms with Crippen molar-refractivity contribution in [2.45, 2.75) is 19.8 Å². The van der Waals surface area contributed by atoms with Crippen molar-refractivity contribution < 1.29 is 0 Å². The fraction of sp³-hybridized carbons (Fsp3) is 0.385. The van der Waals surface area contributed by atoms with Crippen LogP contribution in [0, 0.1) is 6.92 Å². The third-order valence-electron chi connectivity index (χ3n) is 3.26. The highest BCUT2D eigenvalue weighted by molar-refractivity contribution is 6.36. The van der Waals surface area contributed by atoms with Gasteiger partial charge < -0.3 is 4.90 Å². The highest BCUT2D eigenvalue weighted by atomic mass is 35.5. The molecule has 1 aromatic carbocycles. The van der Waals surface area contributed by atoms with E-state index in [0.29, 0.717) is 5.02 Å². The number of hydrogen-bond donors (Lipinski definition) is 0. The van der Waals surface area contributed by atoms with Crippen molar-refractivity contribution in [3.05, 3.63) is 28.0 Å². The van der Waals surface area contributed by atoms with Crippen LogP contribution >= 0.6 is 23.2 Å². The van der Waals surface area contributed by atoms with E-state index < -0.39 is 0 Å². The summed E-state index contributed by atoms with van der Waals surface area (Å²) in [4.78, 5) is 10.9. The molecule has 1 saturated heterocycles. The maximum Gasteiger partial charge on any atom is 0.224 e. The van der Waals surface area contributed by atoms with Gasteiger partial charge in [0.15, 0.2) is 0 Å². The van der Waals surface area contributed by atoms with Crippen LogP contribution in [0.2, 0.25) is 10.3 Å². The minimum absolute atomic E-state index is 0.259. The zero-order valence-electron chi connectivity index (χ0n) is 10.1. The van der Waals surface area contributed by atoms with E-state index in [1.807, 2.05) is 13.0 Å². The molecule has 2 aromatic rings. The van der Waals surface area contributed by atoms with E-state index in [1.54, 1.807) is 0 Å². The Morgan fingerprint density at radius 3 is 2.56 bits per heavy atom. The first-order chi connectivity index (χ1) is 8.65. The first-order valence-electron chi connectivity index (χ1n) is 6.03. The molecule has 1 aliphatic rings. The molecule has 0 atom stereocenters. The summed E-state index contributed by atoms with van der Waals surface area (Å²) in [5, 5.41) is 1.89. The lowest BCUT2D eigenvalue weighted by Crippen LogP contribution is -2.19. The van der Waals surface area contributed by atoms with Gasteiger partial charge in [0.05, 0.1) is 10.5 Å². The molecular formula is C13H13Cl2N3. The number of hydrogen-bond acceptors (Lipinski definition) is 3. The Labute approximate surface area is 116 Å². The molecule has 0 bridgehead atoms. The molecule has 2 heterocycles. The Bertz CT molecular complexity index is 607. The minimum Gasteiger partial charge on any atom is -0.356 e. The summed E-state index contributed by atoms with van der Waals surface area (Å²) in [7, 11) is 0. The molecule has 0 spiro atoms. The predicted molar refractivity (Wildman–Crippen MR) is 75.7 cm³/mol. The Hall–Kier alpha value is -1.06. The van der Waals surface area contributed by atoms with Gasteiger partial charge >= 0.3 is 0 Å². The van der Waals surface area contributed by atoms with Gasteiger partial charge in [-0.3, -0.25) is 0 Å². The van der Waals surface area contributed by atoms with Crippen molar-refractivity contribution in [2.75, 3.05) is 18.0 Å². The van der Waals surface area contributed by atoms with Crippen LogP contribution < -0.4 is 4.90 Å². The number of fused-ring (bicyclic) bond motifs is 1. The van der Waals surface area contributed by atoms with Crippen LogP contribution in [-0.4, -0.2) is 23.1 Å². The average molecular weight is 282 g/mol. The van der Waals surface area contributed by atoms with Gasteiger partial charge in [0.25, 0.3) is 0 Å². The third-order valence-corrected chi connectivity index (χ3v) is 3.71. The lowest BCUT2D eigenvalue weighted by atomic mass is 10.1. The van der Waals surface area contributed by atoms with Crippen LogP contribution in [0.5, 0.6) is 0 Å². The van der Waals surface area contributed by atoms with Gasteiger partial charge in [-0.1, -0.05) is 11.6 Å². The van der Waals surface area contributed by atoms with Gasteiger partial charge in [0.1, 0.15) is 5.82 Å². The quantitative estimate of drug-likeness (QED) is 0.744. The molecule has 0 amide bonds. The normalized spacial score (nSPS) is 15.6. The Morgan fingerprint density at radius 1 is 1.11 bits per heavy atom. The second kappa shape index (κ2) is 4.56. The van der Waals surface area contributed by atoms with Crippen LogP contribution in [-0.2, 0) is 0 Å². The van der Waals surface area contributed by atoms with Crippen LogP contribution in [0.25, 0.3) is 10.9 Å². The largest absolute Gasteiger partial charge is 0.356 e. The molecule has 0 N–H and O–H groups in total. The molecule has 3 rings (SSSR count). The number of anilines is 1. The minimum atomic E-state index is 0.259. The summed E-state index contributed by atoms with van der Waals surface area (Å²) < 4.78 is 0. The molecule has 0 unspecified atom stereocenters. The molecule has 1 aliphatic heterocycles. The monoisotopic (exact) mass is 281 g/mol. The number of nitrogens with zero attached hydrogens (tertiary/aromatic N) is 3. The Kier molecular flexibility index (Phi) is 3.04. The zero-order chi connectivity index (χ0) is 12.7. The second-order valence-electron chi connectivity index (χ2n) is 4.65. The van der Waals surface area contributed by atoms with Crippen LogP contribution in [0.15, 0.2) is 12.1 Å². The maximum absolute atomic E-state index is 6.25. The predicted octanol–water partition coefficient (Wildman–Crippen LogP) is 3.85. The average Bonchev–Trinajstić information content (AvgIpc) is 2.83. The topological polar surface area (TPSA) is 29.0 Å². The van der Waals surface area contributed by atoms with E-state index in [2.05, 4.69) is 20.9 Å². The van der Waals surface area contributed by atoms with E-state index in [1.165, 1.54) is 12.8 Å². The third kappa shape index (κ3) is 2.02. The summed E-state index contributed by atoms with van der Waals surface area (Å²) in [6.07, 6.45) is 2.39. The molecule has 1 fully saturated rings. The van der Waals surface area contributed by atoms with Gasteiger partial charge in [-0.2, -0.15) is 4.98 Å². The van der Waals surface area contributed by atoms with Gasteiger partial charge in [0.2, 0.25) is 5.28 Å². The zero-order valence-corrected chi connectivity index (χ0v) is 11.6. The number of aromatic nitrogens is 2. The highest BCUT2D eigenvalue weighted by Crippen LogP contribution is 2.32. The molecule has 5 heteroatoms. The molecule has 18 heavy (non-hydrogen) atoms. The lowest BCUT2D eigenvalue weighted by molar-refractivity contribution is 0.939. The van der Waals surface area contributed by atoms with Gasteiger partial charge in [-0.25, -0.2) is 4.98 Å². The smallest absolute Gasteiger partial charge is 0.224 e. The van der Waals surface area contributed by atoms with Gasteiger partial charge in [-0.05, 0) is 49.1 Å². The molecule has 0 aliphatic carbocycles. The van der Waals surface area contributed by atoms with E-state index in [9.17, 15) is 0 Å². The highest BCUT2D eigenvalue weighted by Gasteiger charge is 2.19. The van der Waals surface area contributed by atoms with Crippen LogP contribution in [0.4, 0.5) is 5.82 Å². The van der Waals surface area contributed by atoms with E-state index >= 15 is 0 Å². The van der Waals surface area contributed by atoms with Crippen molar-refractivity contribution in [1.29, 1.82) is 0 Å². The summed E-state index contributed by atoms with van der Waals surface area (Å²) in [6.45, 7) is 4.07. The summed E-state index contributed by atoms with van der Waals surface area (Å²) in [6, 6.07) is 3.98. The summed E-state index contributed by atoms with van der Waals surface area (Å²) in [5.74, 6) is 0.910. The van der Waals surface area contributed by atoms with Crippen molar-refractivity contribution in [1.82, 2.24) is 9.97 Å². The molecule has 1 aromatic heterocycles. The second-order valence-corrected chi connectivity index (χ2v) is 5.40.